The normalized spacial score (nSPS) is 11.3. The molecule has 0 N–H and O–H groups in total. The predicted molar refractivity (Wildman–Crippen MR) is 91.6 cm³/mol. The largest absolute Gasteiger partial charge is 0.456 e. The molecule has 1 nitrogen and oxygen atoms in total. The Hall–Kier alpha value is -2.06. The summed E-state index contributed by atoms with van der Waals surface area (Å²) in [6.07, 6.45) is 0. The number of rotatable bonds is 1. The Morgan fingerprint density at radius 2 is 1.62 bits per heavy atom. The van der Waals surface area contributed by atoms with Gasteiger partial charge in [0.15, 0.2) is 0 Å². The molecule has 0 spiro atoms. The van der Waals surface area contributed by atoms with E-state index >= 15 is 0 Å². The van der Waals surface area contributed by atoms with Crippen molar-refractivity contribution in [1.82, 2.24) is 0 Å². The van der Waals surface area contributed by atoms with Gasteiger partial charge in [-0.2, -0.15) is 0 Å². The zero-order chi connectivity index (χ0) is 14.4. The standard InChI is InChI=1S/C19H13BrO/c1-12-10-16(13-6-8-14(20)9-7-13)19-15-4-2-3-5-17(15)21-18(19)11-12/h2-11H,1H3. The fourth-order valence-corrected chi connectivity index (χ4v) is 3.11. The molecular weight excluding hydrogens is 324 g/mol. The molecule has 3 aromatic carbocycles. The Bertz CT molecular complexity index is 949. The van der Waals surface area contributed by atoms with Gasteiger partial charge in [0.05, 0.1) is 0 Å². The first-order chi connectivity index (χ1) is 10.2. The number of furan rings is 1. The lowest BCUT2D eigenvalue weighted by atomic mass is 9.97. The first-order valence-electron chi connectivity index (χ1n) is 6.90. The van der Waals surface area contributed by atoms with Gasteiger partial charge in [-0.05, 0) is 47.9 Å². The molecule has 0 bridgehead atoms. The van der Waals surface area contributed by atoms with E-state index < -0.39 is 0 Å². The molecule has 0 fully saturated rings. The van der Waals surface area contributed by atoms with E-state index in [4.69, 9.17) is 4.42 Å². The van der Waals surface area contributed by atoms with E-state index in [2.05, 4.69) is 71.4 Å². The number of hydrogen-bond donors (Lipinski definition) is 0. The lowest BCUT2D eigenvalue weighted by Crippen LogP contribution is -1.82. The quantitative estimate of drug-likeness (QED) is 0.396. The highest BCUT2D eigenvalue weighted by Crippen LogP contribution is 2.37. The second-order valence-electron chi connectivity index (χ2n) is 5.29. The van der Waals surface area contributed by atoms with Gasteiger partial charge in [0.25, 0.3) is 0 Å². The minimum absolute atomic E-state index is 0.941. The van der Waals surface area contributed by atoms with E-state index in [1.165, 1.54) is 27.5 Å². The molecule has 0 saturated heterocycles. The molecule has 2 heteroatoms. The summed E-state index contributed by atoms with van der Waals surface area (Å²) in [6.45, 7) is 2.11. The van der Waals surface area contributed by atoms with Gasteiger partial charge in [-0.25, -0.2) is 0 Å². The maximum Gasteiger partial charge on any atom is 0.136 e. The number of para-hydroxylation sites is 1. The Labute approximate surface area is 131 Å². The van der Waals surface area contributed by atoms with Crippen LogP contribution in [0.3, 0.4) is 0 Å². The minimum Gasteiger partial charge on any atom is -0.456 e. The summed E-state index contributed by atoms with van der Waals surface area (Å²) in [4.78, 5) is 0. The number of hydrogen-bond acceptors (Lipinski definition) is 1. The van der Waals surface area contributed by atoms with E-state index in [-0.39, 0.29) is 0 Å². The number of fused-ring (bicyclic) bond motifs is 3. The summed E-state index contributed by atoms with van der Waals surface area (Å²) >= 11 is 3.50. The van der Waals surface area contributed by atoms with Crippen LogP contribution < -0.4 is 0 Å². The van der Waals surface area contributed by atoms with Crippen molar-refractivity contribution in [2.45, 2.75) is 6.92 Å². The van der Waals surface area contributed by atoms with Crippen molar-refractivity contribution in [3.05, 3.63) is 70.7 Å². The molecule has 0 saturated carbocycles. The Morgan fingerprint density at radius 3 is 2.43 bits per heavy atom. The lowest BCUT2D eigenvalue weighted by molar-refractivity contribution is 0.668. The summed E-state index contributed by atoms with van der Waals surface area (Å²) in [6, 6.07) is 21.0. The maximum atomic E-state index is 6.01. The zero-order valence-corrected chi connectivity index (χ0v) is 13.1. The van der Waals surface area contributed by atoms with E-state index in [1.807, 2.05) is 12.1 Å². The molecule has 0 atom stereocenters. The Morgan fingerprint density at radius 1 is 0.857 bits per heavy atom. The number of benzene rings is 3. The molecule has 4 rings (SSSR count). The van der Waals surface area contributed by atoms with Crippen molar-refractivity contribution < 1.29 is 4.42 Å². The van der Waals surface area contributed by atoms with Crippen molar-refractivity contribution >= 4 is 37.9 Å². The molecule has 102 valence electrons. The zero-order valence-electron chi connectivity index (χ0n) is 11.6. The maximum absolute atomic E-state index is 6.01. The smallest absolute Gasteiger partial charge is 0.136 e. The van der Waals surface area contributed by atoms with Gasteiger partial charge < -0.3 is 4.42 Å². The monoisotopic (exact) mass is 336 g/mol. The summed E-state index contributed by atoms with van der Waals surface area (Å²) < 4.78 is 7.10. The molecule has 0 aliphatic carbocycles. The first kappa shape index (κ1) is 12.7. The number of aryl methyl sites for hydroxylation is 1. The van der Waals surface area contributed by atoms with Gasteiger partial charge in [0, 0.05) is 15.2 Å². The van der Waals surface area contributed by atoms with Crippen molar-refractivity contribution in [3.8, 4) is 11.1 Å². The Balaban J connectivity index is 2.13. The van der Waals surface area contributed by atoms with Crippen molar-refractivity contribution in [2.75, 3.05) is 0 Å². The van der Waals surface area contributed by atoms with Crippen LogP contribution in [0, 0.1) is 6.92 Å². The molecule has 1 aromatic heterocycles. The molecule has 4 aromatic rings. The molecule has 0 radical (unpaired) electrons. The van der Waals surface area contributed by atoms with Crippen LogP contribution in [0.4, 0.5) is 0 Å². The van der Waals surface area contributed by atoms with Crippen LogP contribution in [-0.2, 0) is 0 Å². The average Bonchev–Trinajstić information content (AvgIpc) is 2.85. The molecule has 0 aliphatic rings. The van der Waals surface area contributed by atoms with Crippen LogP contribution in [0.5, 0.6) is 0 Å². The second kappa shape index (κ2) is 4.74. The highest BCUT2D eigenvalue weighted by atomic mass is 79.9. The van der Waals surface area contributed by atoms with Gasteiger partial charge in [0.2, 0.25) is 0 Å². The van der Waals surface area contributed by atoms with E-state index in [0.717, 1.165) is 15.6 Å². The van der Waals surface area contributed by atoms with E-state index in [0.29, 0.717) is 0 Å². The van der Waals surface area contributed by atoms with Crippen LogP contribution in [0.2, 0.25) is 0 Å². The topological polar surface area (TPSA) is 13.1 Å². The lowest BCUT2D eigenvalue weighted by Gasteiger charge is -2.06. The summed E-state index contributed by atoms with van der Waals surface area (Å²) in [5.74, 6) is 0. The summed E-state index contributed by atoms with van der Waals surface area (Å²) in [7, 11) is 0. The third kappa shape index (κ3) is 2.07. The molecule has 1 heterocycles. The van der Waals surface area contributed by atoms with E-state index in [1.54, 1.807) is 0 Å². The first-order valence-corrected chi connectivity index (χ1v) is 7.69. The third-order valence-electron chi connectivity index (χ3n) is 3.78. The molecule has 0 aliphatic heterocycles. The molecular formula is C19H13BrO. The van der Waals surface area contributed by atoms with Gasteiger partial charge in [-0.1, -0.05) is 52.3 Å². The highest BCUT2D eigenvalue weighted by Gasteiger charge is 2.12. The Kier molecular flexibility index (Phi) is 2.86. The van der Waals surface area contributed by atoms with Crippen LogP contribution in [0.15, 0.2) is 69.6 Å². The van der Waals surface area contributed by atoms with Gasteiger partial charge >= 0.3 is 0 Å². The van der Waals surface area contributed by atoms with Crippen LogP contribution in [0.25, 0.3) is 33.1 Å². The molecule has 21 heavy (non-hydrogen) atoms. The van der Waals surface area contributed by atoms with Gasteiger partial charge in [-0.15, -0.1) is 0 Å². The fourth-order valence-electron chi connectivity index (χ4n) is 2.85. The van der Waals surface area contributed by atoms with Crippen molar-refractivity contribution in [1.29, 1.82) is 0 Å². The van der Waals surface area contributed by atoms with Crippen molar-refractivity contribution in [3.63, 3.8) is 0 Å². The van der Waals surface area contributed by atoms with Gasteiger partial charge in [0.1, 0.15) is 11.2 Å². The predicted octanol–water partition coefficient (Wildman–Crippen LogP) is 6.32. The van der Waals surface area contributed by atoms with Crippen LogP contribution in [0.1, 0.15) is 5.56 Å². The average molecular weight is 337 g/mol. The van der Waals surface area contributed by atoms with E-state index in [9.17, 15) is 0 Å². The van der Waals surface area contributed by atoms with Gasteiger partial charge in [-0.3, -0.25) is 0 Å². The summed E-state index contributed by atoms with van der Waals surface area (Å²) in [5, 5.41) is 2.36. The summed E-state index contributed by atoms with van der Waals surface area (Å²) in [5.41, 5.74) is 5.53. The molecule has 0 amide bonds. The second-order valence-corrected chi connectivity index (χ2v) is 6.21. The van der Waals surface area contributed by atoms with Crippen LogP contribution >= 0.6 is 15.9 Å². The SMILES string of the molecule is Cc1cc(-c2ccc(Br)cc2)c2c(c1)oc1ccccc12. The fraction of sp³-hybridized carbons (Fsp3) is 0.0526. The van der Waals surface area contributed by atoms with Crippen LogP contribution in [-0.4, -0.2) is 0 Å². The van der Waals surface area contributed by atoms with Crippen molar-refractivity contribution in [2.24, 2.45) is 0 Å². The highest BCUT2D eigenvalue weighted by molar-refractivity contribution is 9.10. The number of halogens is 1. The third-order valence-corrected chi connectivity index (χ3v) is 4.31. The molecule has 0 unspecified atom stereocenters. The minimum atomic E-state index is 0.941.